The Bertz CT molecular complexity index is 13.5. The molecule has 0 atom stereocenters. The Hall–Kier alpha value is 2.81. The van der Waals surface area contributed by atoms with Crippen LogP contribution in [0, 0.1) is 0 Å². The van der Waals surface area contributed by atoms with Crippen LogP contribution in [0.25, 0.3) is 0 Å². The summed E-state index contributed by atoms with van der Waals surface area (Å²) in [4.78, 5) is 0. The molecule has 0 aromatic carbocycles. The van der Waals surface area contributed by atoms with Gasteiger partial charge in [-0.1, -0.05) is 0 Å². The van der Waals surface area contributed by atoms with E-state index in [0.717, 1.165) is 0 Å². The van der Waals surface area contributed by atoms with Gasteiger partial charge in [-0.05, 0) is 0 Å². The third-order valence-corrected chi connectivity index (χ3v) is 0. The number of hydrogen-bond donors (Lipinski definition) is 0. The van der Waals surface area contributed by atoms with E-state index in [-0.39, 0.29) is 49.8 Å². The van der Waals surface area contributed by atoms with Crippen LogP contribution in [0.1, 0.15) is 0 Å². The Morgan fingerprint density at radius 3 is 1.17 bits per heavy atom. The van der Waals surface area contributed by atoms with Crippen molar-refractivity contribution < 1.29 is 27.4 Å². The van der Waals surface area contributed by atoms with Crippen LogP contribution in [0.4, 0.5) is 0 Å². The van der Waals surface area contributed by atoms with Gasteiger partial charge in [0.2, 0.25) is 0 Å². The molecule has 0 heterocycles. The van der Waals surface area contributed by atoms with Crippen LogP contribution in [-0.2, 0) is 27.4 Å². The molecule has 0 aliphatic carbocycles. The fourth-order valence-corrected chi connectivity index (χ4v) is 0. The van der Waals surface area contributed by atoms with E-state index in [0.29, 0.717) is 22.5 Å². The van der Waals surface area contributed by atoms with Crippen LogP contribution in [0.2, 0.25) is 0 Å². The first kappa shape index (κ1) is 23.2. The fourth-order valence-electron chi connectivity index (χ4n) is 0. The molecule has 0 amide bonds. The molecule has 0 rings (SSSR count). The first-order chi connectivity index (χ1) is 2.00. The number of rotatable bonds is 0. The minimum absolute atomic E-state index is 0. The van der Waals surface area contributed by atoms with Crippen LogP contribution in [-0.4, -0.2) is 72.3 Å². The standard InChI is InChI=1S/Ag.In.2O.2Sn. The molecule has 0 saturated heterocycles. The summed E-state index contributed by atoms with van der Waals surface area (Å²) >= 11 is 2.00. The molecular weight excluding hydrogens is 492 g/mol. The molecule has 0 fully saturated rings. The van der Waals surface area contributed by atoms with Gasteiger partial charge in [-0.25, -0.2) is 0 Å². The first-order valence-electron chi connectivity index (χ1n) is 0.327. The van der Waals surface area contributed by atoms with Gasteiger partial charge in [-0.2, -0.15) is 0 Å². The average molecular weight is 492 g/mol. The molecule has 0 N–H and O–H groups in total. The molecule has 0 aromatic heterocycles. The van der Waals surface area contributed by atoms with Crippen LogP contribution >= 0.6 is 0 Å². The second-order valence-corrected chi connectivity index (χ2v) is 0. The zero-order valence-corrected chi connectivity index (χ0v) is 13.2. The van der Waals surface area contributed by atoms with E-state index < -0.39 is 0 Å². The predicted molar refractivity (Wildman–Crippen MR) is 18.6 cm³/mol. The summed E-state index contributed by atoms with van der Waals surface area (Å²) in [5.41, 5.74) is 0. The molecule has 0 aromatic rings. The Labute approximate surface area is 97.7 Å². The monoisotopic (exact) mass is 494 g/mol. The summed E-state index contributed by atoms with van der Waals surface area (Å²) in [6.07, 6.45) is 0. The smallest absolute Gasteiger partial charge is 0 e. The van der Waals surface area contributed by atoms with Crippen LogP contribution in [0.3, 0.4) is 0 Å². The summed E-state index contributed by atoms with van der Waals surface area (Å²) < 4.78 is 16.4. The maximum Gasteiger partial charge on any atom is 0 e. The van der Waals surface area contributed by atoms with Gasteiger partial charge in [0.05, 0.1) is 0 Å². The molecule has 34 valence electrons. The van der Waals surface area contributed by atoms with Gasteiger partial charge in [-0.3, -0.25) is 0 Å². The molecule has 0 spiro atoms. The third kappa shape index (κ3) is 29.1. The van der Waals surface area contributed by atoms with Crippen molar-refractivity contribution in [2.75, 3.05) is 0 Å². The van der Waals surface area contributed by atoms with Crippen molar-refractivity contribution in [3.05, 3.63) is 0 Å². The molecule has 0 aliphatic heterocycles. The molecule has 2 nitrogen and oxygen atoms in total. The van der Waals surface area contributed by atoms with Crippen LogP contribution < -0.4 is 0 Å². The van der Waals surface area contributed by atoms with Gasteiger partial charge in [0.25, 0.3) is 0 Å². The van der Waals surface area contributed by atoms with Crippen molar-refractivity contribution in [1.82, 2.24) is 0 Å². The van der Waals surface area contributed by atoms with Crippen molar-refractivity contribution in [1.29, 1.82) is 0 Å². The largest absolute Gasteiger partial charge is 0 e. The van der Waals surface area contributed by atoms with E-state index in [9.17, 15) is 0 Å². The van der Waals surface area contributed by atoms with Gasteiger partial charge < -0.3 is 0 Å². The SMILES string of the molecule is [In].[O]=[Ag].[O]=[Sn].[Sn]. The third-order valence-electron chi connectivity index (χ3n) is 0. The van der Waals surface area contributed by atoms with Crippen LogP contribution in [0.15, 0.2) is 0 Å². The van der Waals surface area contributed by atoms with Gasteiger partial charge >= 0.3 is 49.9 Å². The average Bonchev–Trinajstić information content (AvgIpc) is 1.50. The topological polar surface area (TPSA) is 34.1 Å². The molecular formula is AgInO2Sn2. The summed E-state index contributed by atoms with van der Waals surface area (Å²) in [7, 11) is 0. The molecule has 6 heteroatoms. The van der Waals surface area contributed by atoms with Crippen molar-refractivity contribution in [2.45, 2.75) is 0 Å². The van der Waals surface area contributed by atoms with E-state index in [1.807, 2.05) is 0 Å². The van der Waals surface area contributed by atoms with Gasteiger partial charge in [0.15, 0.2) is 0 Å². The minimum atomic E-state index is 0. The van der Waals surface area contributed by atoms with E-state index in [1.165, 1.54) is 0 Å². The van der Waals surface area contributed by atoms with Crippen molar-refractivity contribution >= 4 is 72.3 Å². The fraction of sp³-hybridized carbons (Fsp3) is 0. The Kier molecular flexibility index (Phi) is 178. The van der Waals surface area contributed by atoms with E-state index in [2.05, 4.69) is 0 Å². The van der Waals surface area contributed by atoms with Crippen LogP contribution in [0.5, 0.6) is 0 Å². The van der Waals surface area contributed by atoms with Gasteiger partial charge in [0, 0.05) is 49.8 Å². The van der Waals surface area contributed by atoms with Gasteiger partial charge in [-0.15, -0.1) is 0 Å². The summed E-state index contributed by atoms with van der Waals surface area (Å²) in [5, 5.41) is 0. The Morgan fingerprint density at radius 2 is 1.17 bits per heavy atom. The Balaban J connectivity index is -0.00000000500. The first-order valence-corrected chi connectivity index (χ1v) is 2.10. The second-order valence-electron chi connectivity index (χ2n) is 0. The molecule has 6 heavy (non-hydrogen) atoms. The predicted octanol–water partition coefficient (Wildman–Crippen LogP) is -1.38. The summed E-state index contributed by atoms with van der Waals surface area (Å²) in [6.45, 7) is 0. The van der Waals surface area contributed by atoms with Gasteiger partial charge in [0.1, 0.15) is 0 Å². The van der Waals surface area contributed by atoms with E-state index in [1.54, 1.807) is 21.0 Å². The number of hydrogen-bond acceptors (Lipinski definition) is 2. The normalized spacial score (nSPS) is 1.67. The molecule has 0 bridgehead atoms. The van der Waals surface area contributed by atoms with E-state index >= 15 is 0 Å². The molecule has 0 aliphatic rings. The maximum absolute atomic E-state index is 8.34. The summed E-state index contributed by atoms with van der Waals surface area (Å²) in [6, 6.07) is 0. The zero-order valence-electron chi connectivity index (χ0n) is 2.70. The maximum atomic E-state index is 8.34. The second kappa shape index (κ2) is 45.9. The molecule has 0 saturated carbocycles. The van der Waals surface area contributed by atoms with Crippen molar-refractivity contribution in [3.8, 4) is 0 Å². The minimum Gasteiger partial charge on any atom is 0 e. The molecule has 9 radical (unpaired) electrons. The Morgan fingerprint density at radius 1 is 1.17 bits per heavy atom. The van der Waals surface area contributed by atoms with Crippen molar-refractivity contribution in [2.24, 2.45) is 0 Å². The van der Waals surface area contributed by atoms with E-state index in [4.69, 9.17) is 6.33 Å². The molecule has 0 unspecified atom stereocenters. The van der Waals surface area contributed by atoms with Crippen molar-refractivity contribution in [3.63, 3.8) is 0 Å². The zero-order chi connectivity index (χ0) is 4.00. The summed E-state index contributed by atoms with van der Waals surface area (Å²) in [5.74, 6) is 0. The quantitative estimate of drug-likeness (QED) is 0.391.